The lowest BCUT2D eigenvalue weighted by atomic mass is 10.0. The van der Waals surface area contributed by atoms with Crippen molar-refractivity contribution < 1.29 is 9.59 Å². The second-order valence-electron chi connectivity index (χ2n) is 6.33. The Labute approximate surface area is 140 Å². The van der Waals surface area contributed by atoms with Gasteiger partial charge in [-0.3, -0.25) is 9.59 Å². The fourth-order valence-electron chi connectivity index (χ4n) is 2.59. The molecule has 0 saturated heterocycles. The Kier molecular flexibility index (Phi) is 8.38. The molecule has 1 rings (SSSR count). The zero-order chi connectivity index (χ0) is 17.2. The van der Waals surface area contributed by atoms with E-state index in [1.54, 1.807) is 0 Å². The van der Waals surface area contributed by atoms with Crippen molar-refractivity contribution in [1.82, 2.24) is 10.6 Å². The summed E-state index contributed by atoms with van der Waals surface area (Å²) < 4.78 is 0. The van der Waals surface area contributed by atoms with Crippen LogP contribution in [0.2, 0.25) is 0 Å². The first-order valence-corrected chi connectivity index (χ1v) is 8.55. The minimum absolute atomic E-state index is 0.0201. The molecule has 0 aliphatic rings. The van der Waals surface area contributed by atoms with Crippen molar-refractivity contribution in [1.29, 1.82) is 0 Å². The summed E-state index contributed by atoms with van der Waals surface area (Å²) >= 11 is 0. The fourth-order valence-corrected chi connectivity index (χ4v) is 2.59. The molecule has 0 bridgehead atoms. The van der Waals surface area contributed by atoms with Gasteiger partial charge in [0.15, 0.2) is 0 Å². The first-order valence-electron chi connectivity index (χ1n) is 8.55. The summed E-state index contributed by atoms with van der Waals surface area (Å²) in [4.78, 5) is 23.7. The molecule has 1 aromatic rings. The highest BCUT2D eigenvalue weighted by molar-refractivity contribution is 5.79. The van der Waals surface area contributed by atoms with Crippen LogP contribution in [0.3, 0.4) is 0 Å². The van der Waals surface area contributed by atoms with Gasteiger partial charge in [-0.2, -0.15) is 0 Å². The van der Waals surface area contributed by atoms with E-state index in [1.807, 2.05) is 38.1 Å². The highest BCUT2D eigenvalue weighted by Gasteiger charge is 2.18. The van der Waals surface area contributed by atoms with Crippen LogP contribution in [0.25, 0.3) is 0 Å². The van der Waals surface area contributed by atoms with Crippen LogP contribution in [0.1, 0.15) is 70.0 Å². The van der Waals surface area contributed by atoms with Gasteiger partial charge in [0.1, 0.15) is 0 Å². The van der Waals surface area contributed by atoms with Crippen molar-refractivity contribution in [2.75, 3.05) is 0 Å². The third kappa shape index (κ3) is 7.82. The molecule has 0 aliphatic heterocycles. The lowest BCUT2D eigenvalue weighted by Crippen LogP contribution is -2.36. The highest BCUT2D eigenvalue weighted by atomic mass is 16.2. The van der Waals surface area contributed by atoms with Crippen LogP contribution in [0.5, 0.6) is 0 Å². The molecule has 0 heterocycles. The largest absolute Gasteiger partial charge is 0.354 e. The number of hydrogen-bond acceptors (Lipinski definition) is 2. The normalized spacial score (nSPS) is 13.2. The van der Waals surface area contributed by atoms with Crippen LogP contribution in [0, 0.1) is 6.92 Å². The molecule has 128 valence electrons. The van der Waals surface area contributed by atoms with Gasteiger partial charge in [-0.05, 0) is 25.8 Å². The maximum absolute atomic E-state index is 12.3. The molecule has 0 aliphatic carbocycles. The van der Waals surface area contributed by atoms with Gasteiger partial charge < -0.3 is 10.6 Å². The Balaban J connectivity index is 2.60. The standard InChI is InChI=1S/C19H30N2O2/c1-5-6-7-8-15(3)20-19(23)13-18(21-16(4)22)17-11-9-14(2)10-12-17/h9-12,15,18H,5-8,13H2,1-4H3,(H,20,23)(H,21,22). The smallest absolute Gasteiger partial charge is 0.222 e. The molecule has 0 aromatic heterocycles. The number of rotatable bonds is 9. The molecule has 0 radical (unpaired) electrons. The van der Waals surface area contributed by atoms with Crippen molar-refractivity contribution >= 4 is 11.8 Å². The third-order valence-corrected chi connectivity index (χ3v) is 3.89. The summed E-state index contributed by atoms with van der Waals surface area (Å²) in [6.45, 7) is 7.70. The molecule has 23 heavy (non-hydrogen) atoms. The maximum atomic E-state index is 12.3. The number of unbranched alkanes of at least 4 members (excludes halogenated alkanes) is 2. The summed E-state index contributed by atoms with van der Waals surface area (Å²) in [5, 5.41) is 5.91. The quantitative estimate of drug-likeness (QED) is 0.683. The molecule has 0 fully saturated rings. The fraction of sp³-hybridized carbons (Fsp3) is 0.579. The van der Waals surface area contributed by atoms with E-state index in [0.29, 0.717) is 0 Å². The SMILES string of the molecule is CCCCCC(C)NC(=O)CC(NC(C)=O)c1ccc(C)cc1. The van der Waals surface area contributed by atoms with Gasteiger partial charge >= 0.3 is 0 Å². The van der Waals surface area contributed by atoms with Crippen LogP contribution >= 0.6 is 0 Å². The zero-order valence-electron chi connectivity index (χ0n) is 14.8. The van der Waals surface area contributed by atoms with E-state index < -0.39 is 0 Å². The molecule has 2 unspecified atom stereocenters. The maximum Gasteiger partial charge on any atom is 0.222 e. The second kappa shape index (κ2) is 10.0. The van der Waals surface area contributed by atoms with Crippen molar-refractivity contribution in [3.63, 3.8) is 0 Å². The van der Waals surface area contributed by atoms with Gasteiger partial charge in [0.25, 0.3) is 0 Å². The number of nitrogens with one attached hydrogen (secondary N) is 2. The summed E-state index contributed by atoms with van der Waals surface area (Å²) in [5.41, 5.74) is 2.11. The first kappa shape index (κ1) is 19.2. The minimum atomic E-state index is -0.282. The molecule has 2 N–H and O–H groups in total. The van der Waals surface area contributed by atoms with E-state index in [1.165, 1.54) is 19.8 Å². The lowest BCUT2D eigenvalue weighted by Gasteiger charge is -2.20. The van der Waals surface area contributed by atoms with Gasteiger partial charge in [0, 0.05) is 13.0 Å². The Morgan fingerprint density at radius 3 is 2.30 bits per heavy atom. The molecule has 1 aromatic carbocycles. The molecule has 2 atom stereocenters. The van der Waals surface area contributed by atoms with E-state index >= 15 is 0 Å². The van der Waals surface area contributed by atoms with E-state index in [0.717, 1.165) is 24.0 Å². The van der Waals surface area contributed by atoms with E-state index in [-0.39, 0.29) is 30.3 Å². The van der Waals surface area contributed by atoms with Crippen molar-refractivity contribution in [3.05, 3.63) is 35.4 Å². The van der Waals surface area contributed by atoms with E-state index in [2.05, 4.69) is 17.6 Å². The zero-order valence-corrected chi connectivity index (χ0v) is 14.8. The Hall–Kier alpha value is -1.84. The van der Waals surface area contributed by atoms with Crippen LogP contribution in [-0.4, -0.2) is 17.9 Å². The van der Waals surface area contributed by atoms with Crippen molar-refractivity contribution in [2.24, 2.45) is 0 Å². The molecule has 4 nitrogen and oxygen atoms in total. The van der Waals surface area contributed by atoms with Gasteiger partial charge in [-0.25, -0.2) is 0 Å². The van der Waals surface area contributed by atoms with Crippen molar-refractivity contribution in [3.8, 4) is 0 Å². The van der Waals surface area contributed by atoms with Crippen LogP contribution in [0.15, 0.2) is 24.3 Å². The summed E-state index contributed by atoms with van der Waals surface area (Å²) in [7, 11) is 0. The summed E-state index contributed by atoms with van der Waals surface area (Å²) in [6, 6.07) is 7.81. The third-order valence-electron chi connectivity index (χ3n) is 3.89. The van der Waals surface area contributed by atoms with Gasteiger partial charge in [0.05, 0.1) is 12.5 Å². The molecule has 4 heteroatoms. The van der Waals surface area contributed by atoms with E-state index in [4.69, 9.17) is 0 Å². The first-order chi connectivity index (χ1) is 10.9. The molecule has 0 spiro atoms. The second-order valence-corrected chi connectivity index (χ2v) is 6.33. The van der Waals surface area contributed by atoms with Crippen molar-refractivity contribution in [2.45, 2.75) is 71.9 Å². The number of benzene rings is 1. The monoisotopic (exact) mass is 318 g/mol. The number of carbonyl (C=O) groups excluding carboxylic acids is 2. The molecule has 2 amide bonds. The average Bonchev–Trinajstić information content (AvgIpc) is 2.47. The average molecular weight is 318 g/mol. The minimum Gasteiger partial charge on any atom is -0.354 e. The Morgan fingerprint density at radius 1 is 1.09 bits per heavy atom. The predicted molar refractivity (Wildman–Crippen MR) is 94.1 cm³/mol. The van der Waals surface area contributed by atoms with Gasteiger partial charge in [-0.15, -0.1) is 0 Å². The number of aryl methyl sites for hydroxylation is 1. The Morgan fingerprint density at radius 2 is 1.74 bits per heavy atom. The Bertz CT molecular complexity index is 497. The van der Waals surface area contributed by atoms with Crippen LogP contribution in [-0.2, 0) is 9.59 Å². The predicted octanol–water partition coefficient (Wildman–Crippen LogP) is 3.65. The number of amides is 2. The number of carbonyl (C=O) groups is 2. The number of hydrogen-bond donors (Lipinski definition) is 2. The topological polar surface area (TPSA) is 58.2 Å². The van der Waals surface area contributed by atoms with Crippen LogP contribution < -0.4 is 10.6 Å². The van der Waals surface area contributed by atoms with E-state index in [9.17, 15) is 9.59 Å². The van der Waals surface area contributed by atoms with Crippen LogP contribution in [0.4, 0.5) is 0 Å². The lowest BCUT2D eigenvalue weighted by molar-refractivity contribution is -0.123. The molecular weight excluding hydrogens is 288 g/mol. The van der Waals surface area contributed by atoms with Gasteiger partial charge in [-0.1, -0.05) is 56.0 Å². The summed E-state index contributed by atoms with van der Waals surface area (Å²) in [6.07, 6.45) is 4.76. The molecule has 0 saturated carbocycles. The molecular formula is C19H30N2O2. The summed E-state index contributed by atoms with van der Waals surface area (Å²) in [5.74, 6) is -0.146. The highest BCUT2D eigenvalue weighted by Crippen LogP contribution is 2.18. The van der Waals surface area contributed by atoms with Gasteiger partial charge in [0.2, 0.25) is 11.8 Å².